The van der Waals surface area contributed by atoms with Gasteiger partial charge in [0.1, 0.15) is 23.0 Å². The fourth-order valence-corrected chi connectivity index (χ4v) is 3.15. The van der Waals surface area contributed by atoms with E-state index >= 15 is 0 Å². The summed E-state index contributed by atoms with van der Waals surface area (Å²) in [5.74, 6) is 2.34. The highest BCUT2D eigenvalue weighted by molar-refractivity contribution is 9.10. The lowest BCUT2D eigenvalue weighted by Gasteiger charge is -2.09. The molecule has 0 aliphatic rings. The fourth-order valence-electron chi connectivity index (χ4n) is 1.97. The van der Waals surface area contributed by atoms with Crippen LogP contribution >= 0.6 is 27.3 Å². The molecule has 0 saturated carbocycles. The quantitative estimate of drug-likeness (QED) is 0.726. The Morgan fingerprint density at radius 3 is 2.90 bits per heavy atom. The number of ether oxygens (including phenoxy) is 1. The molecule has 3 rings (SSSR count). The van der Waals surface area contributed by atoms with Crippen molar-refractivity contribution in [1.82, 2.24) is 9.97 Å². The third-order valence-corrected chi connectivity index (χ3v) is 4.37. The molecule has 2 heterocycles. The van der Waals surface area contributed by atoms with Crippen molar-refractivity contribution < 1.29 is 4.74 Å². The summed E-state index contributed by atoms with van der Waals surface area (Å²) in [7, 11) is 0. The number of anilines is 1. The molecule has 6 heteroatoms. The topological polar surface area (TPSA) is 47.0 Å². The molecule has 4 nitrogen and oxygen atoms in total. The monoisotopic (exact) mass is 363 g/mol. The minimum absolute atomic E-state index is 0.342. The molecule has 0 saturated heterocycles. The molecular weight excluding hydrogens is 350 g/mol. The van der Waals surface area contributed by atoms with E-state index in [0.717, 1.165) is 32.8 Å². The lowest BCUT2D eigenvalue weighted by molar-refractivity contribution is 0.294. The molecule has 0 aliphatic carbocycles. The van der Waals surface area contributed by atoms with Gasteiger partial charge in [0.2, 0.25) is 0 Å². The van der Waals surface area contributed by atoms with Crippen molar-refractivity contribution in [2.75, 3.05) is 11.9 Å². The van der Waals surface area contributed by atoms with Gasteiger partial charge in [-0.2, -0.15) is 0 Å². The van der Waals surface area contributed by atoms with Crippen LogP contribution < -0.4 is 10.1 Å². The Bertz CT molecular complexity index is 760. The van der Waals surface area contributed by atoms with E-state index in [0.29, 0.717) is 12.4 Å². The molecule has 0 unspecified atom stereocenters. The first kappa shape index (κ1) is 14.3. The summed E-state index contributed by atoms with van der Waals surface area (Å²) in [4.78, 5) is 10.1. The van der Waals surface area contributed by atoms with Crippen molar-refractivity contribution in [3.63, 3.8) is 0 Å². The average molecular weight is 364 g/mol. The van der Waals surface area contributed by atoms with Gasteiger partial charge in [-0.05, 0) is 46.4 Å². The van der Waals surface area contributed by atoms with Crippen molar-refractivity contribution >= 4 is 43.3 Å². The summed E-state index contributed by atoms with van der Waals surface area (Å²) in [6.07, 6.45) is 0. The Kier molecular flexibility index (Phi) is 4.36. The van der Waals surface area contributed by atoms with Crippen molar-refractivity contribution in [1.29, 1.82) is 0 Å². The van der Waals surface area contributed by atoms with Crippen LogP contribution in [0.4, 0.5) is 5.82 Å². The summed E-state index contributed by atoms with van der Waals surface area (Å²) in [6, 6.07) is 9.79. The van der Waals surface area contributed by atoms with E-state index in [1.54, 1.807) is 11.3 Å². The third kappa shape index (κ3) is 3.16. The SMILES string of the molecule is CCNc1nc(COc2ccccc2Br)nc2sccc12. The molecule has 0 fully saturated rings. The van der Waals surface area contributed by atoms with Gasteiger partial charge in [0.15, 0.2) is 5.82 Å². The minimum atomic E-state index is 0.342. The molecule has 2 aromatic heterocycles. The molecular formula is C15H14BrN3OS. The number of nitrogens with zero attached hydrogens (tertiary/aromatic N) is 2. The predicted molar refractivity (Wildman–Crippen MR) is 90.1 cm³/mol. The fraction of sp³-hybridized carbons (Fsp3) is 0.200. The zero-order chi connectivity index (χ0) is 14.7. The smallest absolute Gasteiger partial charge is 0.169 e. The van der Waals surface area contributed by atoms with E-state index < -0.39 is 0 Å². The van der Waals surface area contributed by atoms with Crippen molar-refractivity contribution in [3.8, 4) is 5.75 Å². The summed E-state index contributed by atoms with van der Waals surface area (Å²) in [5, 5.41) is 6.37. The van der Waals surface area contributed by atoms with E-state index in [9.17, 15) is 0 Å². The van der Waals surface area contributed by atoms with Gasteiger partial charge in [-0.25, -0.2) is 9.97 Å². The van der Waals surface area contributed by atoms with Gasteiger partial charge < -0.3 is 10.1 Å². The lowest BCUT2D eigenvalue weighted by atomic mass is 10.3. The van der Waals surface area contributed by atoms with Gasteiger partial charge in [0, 0.05) is 6.54 Å². The highest BCUT2D eigenvalue weighted by Gasteiger charge is 2.09. The number of hydrogen-bond acceptors (Lipinski definition) is 5. The Hall–Kier alpha value is -1.66. The van der Waals surface area contributed by atoms with E-state index in [4.69, 9.17) is 4.74 Å². The first-order valence-electron chi connectivity index (χ1n) is 6.63. The van der Waals surface area contributed by atoms with Gasteiger partial charge in [0.25, 0.3) is 0 Å². The summed E-state index contributed by atoms with van der Waals surface area (Å²) in [6.45, 7) is 3.22. The highest BCUT2D eigenvalue weighted by Crippen LogP contribution is 2.27. The predicted octanol–water partition coefficient (Wildman–Crippen LogP) is 4.46. The zero-order valence-corrected chi connectivity index (χ0v) is 13.9. The largest absolute Gasteiger partial charge is 0.484 e. The Morgan fingerprint density at radius 2 is 2.10 bits per heavy atom. The van der Waals surface area contributed by atoms with E-state index in [-0.39, 0.29) is 0 Å². The number of halogens is 1. The first-order chi connectivity index (χ1) is 10.3. The molecule has 3 aromatic rings. The number of nitrogens with one attached hydrogen (secondary N) is 1. The minimum Gasteiger partial charge on any atom is -0.484 e. The second-order valence-corrected chi connectivity index (χ2v) is 6.13. The van der Waals surface area contributed by atoms with Crippen molar-refractivity contribution in [3.05, 3.63) is 46.0 Å². The van der Waals surface area contributed by atoms with Crippen LogP contribution in [0.1, 0.15) is 12.7 Å². The molecule has 0 radical (unpaired) electrons. The first-order valence-corrected chi connectivity index (χ1v) is 8.30. The number of aromatic nitrogens is 2. The molecule has 0 aliphatic heterocycles. The van der Waals surface area contributed by atoms with Gasteiger partial charge in [0.05, 0.1) is 9.86 Å². The molecule has 0 atom stereocenters. The number of benzene rings is 1. The van der Waals surface area contributed by atoms with Gasteiger partial charge >= 0.3 is 0 Å². The number of thiophene rings is 1. The Labute approximate surface area is 135 Å². The zero-order valence-electron chi connectivity index (χ0n) is 11.5. The van der Waals surface area contributed by atoms with Gasteiger partial charge in [-0.1, -0.05) is 12.1 Å². The van der Waals surface area contributed by atoms with Crippen LogP contribution in [0.25, 0.3) is 10.2 Å². The van der Waals surface area contributed by atoms with Gasteiger partial charge in [-0.15, -0.1) is 11.3 Å². The average Bonchev–Trinajstić information content (AvgIpc) is 2.95. The Balaban J connectivity index is 1.85. The summed E-state index contributed by atoms with van der Waals surface area (Å²) in [5.41, 5.74) is 0. The molecule has 0 bridgehead atoms. The molecule has 21 heavy (non-hydrogen) atoms. The third-order valence-electron chi connectivity index (χ3n) is 2.91. The molecule has 0 amide bonds. The molecule has 1 N–H and O–H groups in total. The van der Waals surface area contributed by atoms with Crippen LogP contribution in [-0.2, 0) is 6.61 Å². The second-order valence-electron chi connectivity index (χ2n) is 4.38. The molecule has 108 valence electrons. The van der Waals surface area contributed by atoms with Crippen molar-refractivity contribution in [2.45, 2.75) is 13.5 Å². The number of para-hydroxylation sites is 1. The number of hydrogen-bond donors (Lipinski definition) is 1. The normalized spacial score (nSPS) is 10.8. The van der Waals surface area contributed by atoms with Gasteiger partial charge in [-0.3, -0.25) is 0 Å². The highest BCUT2D eigenvalue weighted by atomic mass is 79.9. The van der Waals surface area contributed by atoms with E-state index in [2.05, 4.69) is 38.1 Å². The maximum Gasteiger partial charge on any atom is 0.169 e. The summed E-state index contributed by atoms with van der Waals surface area (Å²) < 4.78 is 6.71. The Morgan fingerprint density at radius 1 is 1.24 bits per heavy atom. The van der Waals surface area contributed by atoms with Crippen molar-refractivity contribution in [2.24, 2.45) is 0 Å². The number of fused-ring (bicyclic) bond motifs is 1. The maximum absolute atomic E-state index is 5.79. The molecule has 1 aromatic carbocycles. The van der Waals surface area contributed by atoms with Crippen LogP contribution in [-0.4, -0.2) is 16.5 Å². The van der Waals surface area contributed by atoms with Crippen LogP contribution in [0.3, 0.4) is 0 Å². The lowest BCUT2D eigenvalue weighted by Crippen LogP contribution is -2.06. The molecule has 0 spiro atoms. The van der Waals surface area contributed by atoms with Crippen LogP contribution in [0, 0.1) is 0 Å². The van der Waals surface area contributed by atoms with Crippen LogP contribution in [0.2, 0.25) is 0 Å². The van der Waals surface area contributed by atoms with Crippen LogP contribution in [0.5, 0.6) is 5.75 Å². The second kappa shape index (κ2) is 6.41. The standard InChI is InChI=1S/C15H14BrN3OS/c1-2-17-14-10-7-8-21-15(10)19-13(18-14)9-20-12-6-4-3-5-11(12)16/h3-8H,2,9H2,1H3,(H,17,18,19). The van der Waals surface area contributed by atoms with E-state index in [1.165, 1.54) is 0 Å². The van der Waals surface area contributed by atoms with Crippen LogP contribution in [0.15, 0.2) is 40.2 Å². The van der Waals surface area contributed by atoms with E-state index in [1.807, 2.05) is 35.7 Å². The maximum atomic E-state index is 5.79. The summed E-state index contributed by atoms with van der Waals surface area (Å²) >= 11 is 5.08. The number of rotatable bonds is 5.